The van der Waals surface area contributed by atoms with Gasteiger partial charge < -0.3 is 20.3 Å². The standard InChI is InChI=1S/C22H34N4O2/c1-23-21(25-17-22(9-5-10-22)11-13-28-2)24-15-18-6-3-7-19(14-18)16-26-12-4-8-20(26)27/h3,6-7,14H,4-5,8-13,15-17H2,1-2H3,(H2,23,24,25). The molecule has 0 aromatic heterocycles. The summed E-state index contributed by atoms with van der Waals surface area (Å²) < 4.78 is 5.28. The lowest BCUT2D eigenvalue weighted by molar-refractivity contribution is -0.128. The number of rotatable bonds is 9. The highest BCUT2D eigenvalue weighted by Gasteiger charge is 2.36. The van der Waals surface area contributed by atoms with Crippen molar-refractivity contribution in [2.75, 3.05) is 33.9 Å². The van der Waals surface area contributed by atoms with Gasteiger partial charge in [-0.3, -0.25) is 9.79 Å². The molecule has 1 saturated heterocycles. The third-order valence-corrected chi connectivity index (χ3v) is 6.10. The Bertz CT molecular complexity index is 685. The van der Waals surface area contributed by atoms with Crippen molar-refractivity contribution in [2.45, 2.75) is 51.6 Å². The molecule has 0 unspecified atom stereocenters. The van der Waals surface area contributed by atoms with Crippen LogP contribution in [0.15, 0.2) is 29.3 Å². The summed E-state index contributed by atoms with van der Waals surface area (Å²) in [7, 11) is 3.58. The summed E-state index contributed by atoms with van der Waals surface area (Å²) in [5.74, 6) is 1.11. The number of hydrogen-bond donors (Lipinski definition) is 2. The largest absolute Gasteiger partial charge is 0.385 e. The molecule has 28 heavy (non-hydrogen) atoms. The summed E-state index contributed by atoms with van der Waals surface area (Å²) in [6.07, 6.45) is 6.60. The van der Waals surface area contributed by atoms with Crippen LogP contribution >= 0.6 is 0 Å². The van der Waals surface area contributed by atoms with Gasteiger partial charge in [-0.05, 0) is 42.2 Å². The van der Waals surface area contributed by atoms with E-state index in [2.05, 4.69) is 39.9 Å². The summed E-state index contributed by atoms with van der Waals surface area (Å²) in [5.41, 5.74) is 2.74. The van der Waals surface area contributed by atoms with E-state index in [4.69, 9.17) is 4.74 Å². The molecule has 1 aliphatic heterocycles. The Labute approximate surface area is 168 Å². The van der Waals surface area contributed by atoms with Crippen molar-refractivity contribution in [3.8, 4) is 0 Å². The van der Waals surface area contributed by atoms with Crippen LogP contribution in [0.3, 0.4) is 0 Å². The van der Waals surface area contributed by atoms with Crippen LogP contribution in [0.4, 0.5) is 0 Å². The Hall–Kier alpha value is -2.08. The highest BCUT2D eigenvalue weighted by Crippen LogP contribution is 2.43. The molecule has 2 N–H and O–H groups in total. The Morgan fingerprint density at radius 2 is 2.07 bits per heavy atom. The normalized spacial score (nSPS) is 18.9. The quantitative estimate of drug-likeness (QED) is 0.506. The van der Waals surface area contributed by atoms with Crippen molar-refractivity contribution in [3.05, 3.63) is 35.4 Å². The van der Waals surface area contributed by atoms with Crippen LogP contribution in [0.25, 0.3) is 0 Å². The van der Waals surface area contributed by atoms with E-state index < -0.39 is 0 Å². The van der Waals surface area contributed by atoms with Crippen molar-refractivity contribution >= 4 is 11.9 Å². The van der Waals surface area contributed by atoms with Gasteiger partial charge in [-0.25, -0.2) is 0 Å². The van der Waals surface area contributed by atoms with Crippen LogP contribution in [0.1, 0.15) is 49.7 Å². The molecule has 1 heterocycles. The van der Waals surface area contributed by atoms with E-state index in [0.717, 1.165) is 38.5 Å². The van der Waals surface area contributed by atoms with Gasteiger partial charge in [-0.2, -0.15) is 0 Å². The number of likely N-dealkylation sites (tertiary alicyclic amines) is 1. The van der Waals surface area contributed by atoms with Crippen LogP contribution in [0, 0.1) is 5.41 Å². The second-order valence-electron chi connectivity index (χ2n) is 8.11. The predicted molar refractivity (Wildman–Crippen MR) is 112 cm³/mol. The number of carbonyl (C=O) groups excluding carboxylic acids is 1. The number of nitrogens with one attached hydrogen (secondary N) is 2. The van der Waals surface area contributed by atoms with Gasteiger partial charge in [-0.15, -0.1) is 0 Å². The highest BCUT2D eigenvalue weighted by atomic mass is 16.5. The molecular weight excluding hydrogens is 352 g/mol. The van der Waals surface area contributed by atoms with Crippen molar-refractivity contribution in [2.24, 2.45) is 10.4 Å². The number of nitrogens with zero attached hydrogens (tertiary/aromatic N) is 2. The molecule has 1 aliphatic carbocycles. The molecule has 6 heteroatoms. The maximum Gasteiger partial charge on any atom is 0.222 e. The van der Waals surface area contributed by atoms with E-state index in [1.807, 2.05) is 11.9 Å². The average molecular weight is 387 g/mol. The zero-order valence-electron chi connectivity index (χ0n) is 17.3. The molecule has 154 valence electrons. The Morgan fingerprint density at radius 1 is 1.25 bits per heavy atom. The van der Waals surface area contributed by atoms with Gasteiger partial charge in [0, 0.05) is 53.4 Å². The molecule has 1 aromatic carbocycles. The first kappa shape index (κ1) is 20.6. The highest BCUT2D eigenvalue weighted by molar-refractivity contribution is 5.79. The number of aliphatic imine (C=N–C) groups is 1. The lowest BCUT2D eigenvalue weighted by Gasteiger charge is -2.42. The minimum absolute atomic E-state index is 0.270. The maximum atomic E-state index is 11.8. The van der Waals surface area contributed by atoms with Gasteiger partial charge in [0.25, 0.3) is 0 Å². The molecule has 0 bridgehead atoms. The Balaban J connectivity index is 1.48. The first-order chi connectivity index (χ1) is 13.6. The molecule has 1 aromatic rings. The predicted octanol–water partition coefficient (Wildman–Crippen LogP) is 2.68. The van der Waals surface area contributed by atoms with E-state index in [-0.39, 0.29) is 5.91 Å². The molecule has 0 atom stereocenters. The SMILES string of the molecule is CN=C(NCc1cccc(CN2CCCC2=O)c1)NCC1(CCOC)CCC1. The number of guanidine groups is 1. The number of hydrogen-bond acceptors (Lipinski definition) is 3. The minimum atomic E-state index is 0.270. The minimum Gasteiger partial charge on any atom is -0.385 e. The fourth-order valence-corrected chi connectivity index (χ4v) is 4.12. The van der Waals surface area contributed by atoms with Crippen LogP contribution in [0.5, 0.6) is 0 Å². The average Bonchev–Trinajstić information content (AvgIpc) is 3.08. The number of carbonyl (C=O) groups is 1. The zero-order valence-corrected chi connectivity index (χ0v) is 17.3. The summed E-state index contributed by atoms with van der Waals surface area (Å²) >= 11 is 0. The lowest BCUT2D eigenvalue weighted by Crippen LogP contribution is -2.46. The monoisotopic (exact) mass is 386 g/mol. The maximum absolute atomic E-state index is 11.8. The first-order valence-electron chi connectivity index (χ1n) is 10.4. The van der Waals surface area contributed by atoms with E-state index in [1.165, 1.54) is 30.4 Å². The van der Waals surface area contributed by atoms with Gasteiger partial charge in [0.2, 0.25) is 5.91 Å². The first-order valence-corrected chi connectivity index (χ1v) is 10.4. The Morgan fingerprint density at radius 3 is 2.71 bits per heavy atom. The number of methoxy groups -OCH3 is 1. The van der Waals surface area contributed by atoms with Crippen LogP contribution in [-0.2, 0) is 22.6 Å². The van der Waals surface area contributed by atoms with E-state index in [0.29, 0.717) is 24.9 Å². The van der Waals surface area contributed by atoms with E-state index in [1.54, 1.807) is 7.11 Å². The third-order valence-electron chi connectivity index (χ3n) is 6.10. The van der Waals surface area contributed by atoms with Crippen LogP contribution in [-0.4, -0.2) is 50.6 Å². The van der Waals surface area contributed by atoms with Crippen LogP contribution < -0.4 is 10.6 Å². The van der Waals surface area contributed by atoms with Crippen molar-refractivity contribution in [1.29, 1.82) is 0 Å². The third kappa shape index (κ3) is 5.47. The van der Waals surface area contributed by atoms with Gasteiger partial charge in [0.15, 0.2) is 5.96 Å². The van der Waals surface area contributed by atoms with Crippen molar-refractivity contribution in [3.63, 3.8) is 0 Å². The van der Waals surface area contributed by atoms with Crippen molar-refractivity contribution < 1.29 is 9.53 Å². The van der Waals surface area contributed by atoms with Gasteiger partial charge in [0.05, 0.1) is 0 Å². The van der Waals surface area contributed by atoms with E-state index in [9.17, 15) is 4.79 Å². The second kappa shape index (κ2) is 9.92. The summed E-state index contributed by atoms with van der Waals surface area (Å²) in [6, 6.07) is 8.45. The van der Waals surface area contributed by atoms with Crippen molar-refractivity contribution in [1.82, 2.24) is 15.5 Å². The van der Waals surface area contributed by atoms with Gasteiger partial charge in [-0.1, -0.05) is 30.7 Å². The van der Waals surface area contributed by atoms with Crippen LogP contribution in [0.2, 0.25) is 0 Å². The fraction of sp³-hybridized carbons (Fsp3) is 0.636. The number of benzene rings is 1. The zero-order chi connectivity index (χ0) is 19.8. The molecule has 3 rings (SSSR count). The van der Waals surface area contributed by atoms with Gasteiger partial charge in [0.1, 0.15) is 0 Å². The molecule has 6 nitrogen and oxygen atoms in total. The lowest BCUT2D eigenvalue weighted by atomic mass is 9.67. The molecule has 1 saturated carbocycles. The number of amides is 1. The second-order valence-corrected chi connectivity index (χ2v) is 8.11. The molecule has 0 radical (unpaired) electrons. The Kier molecular flexibility index (Phi) is 7.31. The van der Waals surface area contributed by atoms with E-state index >= 15 is 0 Å². The fourth-order valence-electron chi connectivity index (χ4n) is 4.12. The summed E-state index contributed by atoms with van der Waals surface area (Å²) in [5, 5.41) is 6.92. The molecule has 2 fully saturated rings. The summed E-state index contributed by atoms with van der Waals surface area (Å²) in [4.78, 5) is 18.2. The van der Waals surface area contributed by atoms with Gasteiger partial charge >= 0.3 is 0 Å². The molecular formula is C22H34N4O2. The molecule has 1 amide bonds. The summed E-state index contributed by atoms with van der Waals surface area (Å²) in [6.45, 7) is 4.06. The molecule has 0 spiro atoms. The number of ether oxygens (including phenoxy) is 1. The topological polar surface area (TPSA) is 66.0 Å². The smallest absolute Gasteiger partial charge is 0.222 e. The molecule has 2 aliphatic rings.